The van der Waals surface area contributed by atoms with Crippen molar-refractivity contribution in [2.45, 2.75) is 26.7 Å². The van der Waals surface area contributed by atoms with E-state index in [1.165, 1.54) is 5.69 Å². The first-order chi connectivity index (χ1) is 6.20. The lowest BCUT2D eigenvalue weighted by atomic mass is 10.2. The van der Waals surface area contributed by atoms with Gasteiger partial charge in [-0.25, -0.2) is 0 Å². The Kier molecular flexibility index (Phi) is 1.79. The molecule has 3 nitrogen and oxygen atoms in total. The average molecular weight is 175 g/mol. The first-order valence-electron chi connectivity index (χ1n) is 4.51. The lowest BCUT2D eigenvalue weighted by Crippen LogP contribution is -1.99. The lowest BCUT2D eigenvalue weighted by molar-refractivity contribution is 0.752. The Morgan fingerprint density at radius 1 is 1.23 bits per heavy atom. The number of fused-ring (bicyclic) bond motifs is 1. The normalized spacial score (nSPS) is 11.4. The van der Waals surface area contributed by atoms with E-state index in [0.29, 0.717) is 5.92 Å². The highest BCUT2D eigenvalue weighted by molar-refractivity contribution is 5.39. The molecule has 0 aliphatic carbocycles. The first kappa shape index (κ1) is 8.23. The van der Waals surface area contributed by atoms with Crippen LogP contribution in [0.4, 0.5) is 0 Å². The zero-order valence-electron chi connectivity index (χ0n) is 8.15. The van der Waals surface area contributed by atoms with Crippen molar-refractivity contribution in [2.24, 2.45) is 0 Å². The van der Waals surface area contributed by atoms with Gasteiger partial charge in [0.15, 0.2) is 5.65 Å². The second-order valence-electron chi connectivity index (χ2n) is 3.57. The molecule has 0 aliphatic rings. The fourth-order valence-electron chi connectivity index (χ4n) is 1.50. The minimum atomic E-state index is 0.413. The van der Waals surface area contributed by atoms with Gasteiger partial charge < -0.3 is 0 Å². The largest absolute Gasteiger partial charge is 0.283 e. The van der Waals surface area contributed by atoms with Crippen LogP contribution in [-0.4, -0.2) is 14.6 Å². The third kappa shape index (κ3) is 1.20. The number of rotatable bonds is 1. The molecule has 3 heteroatoms. The van der Waals surface area contributed by atoms with Crippen LogP contribution in [0.1, 0.15) is 31.3 Å². The molecular weight excluding hydrogens is 162 g/mol. The van der Waals surface area contributed by atoms with Crippen molar-refractivity contribution >= 4 is 5.65 Å². The van der Waals surface area contributed by atoms with E-state index < -0.39 is 0 Å². The number of nitrogens with zero attached hydrogens (tertiary/aromatic N) is 3. The summed E-state index contributed by atoms with van der Waals surface area (Å²) in [6.07, 6.45) is 0. The summed E-state index contributed by atoms with van der Waals surface area (Å²) < 4.78 is 2.10. The van der Waals surface area contributed by atoms with Crippen molar-refractivity contribution in [1.82, 2.24) is 14.6 Å². The summed E-state index contributed by atoms with van der Waals surface area (Å²) in [5.41, 5.74) is 2.12. The summed E-state index contributed by atoms with van der Waals surface area (Å²) in [7, 11) is 0. The molecule has 2 rings (SSSR count). The minimum Gasteiger partial charge on any atom is -0.283 e. The first-order valence-corrected chi connectivity index (χ1v) is 4.51. The smallest absolute Gasteiger partial charge is 0.160 e. The van der Waals surface area contributed by atoms with E-state index in [2.05, 4.69) is 41.4 Å². The van der Waals surface area contributed by atoms with Crippen LogP contribution in [0, 0.1) is 6.92 Å². The van der Waals surface area contributed by atoms with Crippen molar-refractivity contribution in [2.75, 3.05) is 0 Å². The number of hydrogen-bond acceptors (Lipinski definition) is 2. The Hall–Kier alpha value is -1.38. The van der Waals surface area contributed by atoms with Gasteiger partial charge in [0.05, 0.1) is 0 Å². The van der Waals surface area contributed by atoms with Crippen molar-refractivity contribution in [3.63, 3.8) is 0 Å². The van der Waals surface area contributed by atoms with E-state index >= 15 is 0 Å². The molecule has 0 saturated heterocycles. The quantitative estimate of drug-likeness (QED) is 0.664. The maximum atomic E-state index is 4.17. The summed E-state index contributed by atoms with van der Waals surface area (Å²) in [6.45, 7) is 6.33. The van der Waals surface area contributed by atoms with E-state index in [-0.39, 0.29) is 0 Å². The van der Waals surface area contributed by atoms with Crippen LogP contribution in [-0.2, 0) is 0 Å². The molecule has 0 atom stereocenters. The molecule has 2 heterocycles. The molecular formula is C10H13N3. The highest BCUT2D eigenvalue weighted by Crippen LogP contribution is 2.15. The van der Waals surface area contributed by atoms with E-state index in [1.807, 2.05) is 12.1 Å². The molecule has 0 bridgehead atoms. The van der Waals surface area contributed by atoms with Crippen molar-refractivity contribution in [1.29, 1.82) is 0 Å². The number of hydrogen-bond donors (Lipinski definition) is 0. The predicted molar refractivity (Wildman–Crippen MR) is 51.8 cm³/mol. The fraction of sp³-hybridized carbons (Fsp3) is 0.400. The summed E-state index contributed by atoms with van der Waals surface area (Å²) in [5, 5.41) is 8.28. The van der Waals surface area contributed by atoms with Gasteiger partial charge in [0.2, 0.25) is 0 Å². The SMILES string of the molecule is Cc1cccc2nnc(C(C)C)n12. The van der Waals surface area contributed by atoms with Gasteiger partial charge in [-0.2, -0.15) is 0 Å². The third-order valence-electron chi connectivity index (χ3n) is 2.16. The summed E-state index contributed by atoms with van der Waals surface area (Å²) in [5.74, 6) is 1.45. The molecule has 0 fully saturated rings. The van der Waals surface area contributed by atoms with Gasteiger partial charge in [0, 0.05) is 11.6 Å². The van der Waals surface area contributed by atoms with Gasteiger partial charge in [-0.05, 0) is 19.1 Å². The van der Waals surface area contributed by atoms with E-state index in [0.717, 1.165) is 11.5 Å². The molecule has 0 aromatic carbocycles. The lowest BCUT2D eigenvalue weighted by Gasteiger charge is -2.04. The highest BCUT2D eigenvalue weighted by atomic mass is 15.2. The Balaban J connectivity index is 2.79. The number of pyridine rings is 1. The van der Waals surface area contributed by atoms with Crippen LogP contribution >= 0.6 is 0 Å². The maximum absolute atomic E-state index is 4.17. The molecule has 0 radical (unpaired) electrons. The number of aromatic nitrogens is 3. The number of aryl methyl sites for hydroxylation is 1. The average Bonchev–Trinajstić information content (AvgIpc) is 2.49. The molecule has 2 aromatic heterocycles. The Bertz CT molecular complexity index is 429. The van der Waals surface area contributed by atoms with Gasteiger partial charge in [0.25, 0.3) is 0 Å². The molecule has 0 N–H and O–H groups in total. The Labute approximate surface area is 77.4 Å². The summed E-state index contributed by atoms with van der Waals surface area (Å²) >= 11 is 0. The maximum Gasteiger partial charge on any atom is 0.160 e. The van der Waals surface area contributed by atoms with Gasteiger partial charge in [-0.3, -0.25) is 4.40 Å². The van der Waals surface area contributed by atoms with E-state index in [9.17, 15) is 0 Å². The second kappa shape index (κ2) is 2.83. The Morgan fingerprint density at radius 2 is 2.00 bits per heavy atom. The molecule has 13 heavy (non-hydrogen) atoms. The summed E-state index contributed by atoms with van der Waals surface area (Å²) in [4.78, 5) is 0. The van der Waals surface area contributed by atoms with Crippen molar-refractivity contribution < 1.29 is 0 Å². The van der Waals surface area contributed by atoms with E-state index in [1.54, 1.807) is 0 Å². The molecule has 0 amide bonds. The fourth-order valence-corrected chi connectivity index (χ4v) is 1.50. The van der Waals surface area contributed by atoms with E-state index in [4.69, 9.17) is 0 Å². The van der Waals surface area contributed by atoms with Gasteiger partial charge >= 0.3 is 0 Å². The zero-order valence-corrected chi connectivity index (χ0v) is 8.15. The van der Waals surface area contributed by atoms with Crippen molar-refractivity contribution in [3.05, 3.63) is 29.7 Å². The zero-order chi connectivity index (χ0) is 9.42. The van der Waals surface area contributed by atoms with Crippen molar-refractivity contribution in [3.8, 4) is 0 Å². The molecule has 2 aromatic rings. The molecule has 0 saturated carbocycles. The highest BCUT2D eigenvalue weighted by Gasteiger charge is 2.09. The van der Waals surface area contributed by atoms with Crippen LogP contribution in [0.3, 0.4) is 0 Å². The van der Waals surface area contributed by atoms with Gasteiger partial charge in [-0.1, -0.05) is 19.9 Å². The monoisotopic (exact) mass is 175 g/mol. The van der Waals surface area contributed by atoms with Crippen LogP contribution in [0.15, 0.2) is 18.2 Å². The third-order valence-corrected chi connectivity index (χ3v) is 2.16. The molecule has 0 spiro atoms. The molecule has 0 unspecified atom stereocenters. The summed E-state index contributed by atoms with van der Waals surface area (Å²) in [6, 6.07) is 6.05. The van der Waals surface area contributed by atoms with Gasteiger partial charge in [0.1, 0.15) is 5.82 Å². The standard InChI is InChI=1S/C10H13N3/c1-7(2)10-12-11-9-6-4-5-8(3)13(9)10/h4-7H,1-3H3. The van der Waals surface area contributed by atoms with Crippen LogP contribution in [0.5, 0.6) is 0 Å². The van der Waals surface area contributed by atoms with Crippen LogP contribution in [0.2, 0.25) is 0 Å². The molecule has 0 aliphatic heterocycles. The van der Waals surface area contributed by atoms with Crippen LogP contribution < -0.4 is 0 Å². The van der Waals surface area contributed by atoms with Crippen LogP contribution in [0.25, 0.3) is 5.65 Å². The molecule has 68 valence electrons. The minimum absolute atomic E-state index is 0.413. The second-order valence-corrected chi connectivity index (χ2v) is 3.57. The predicted octanol–water partition coefficient (Wildman–Crippen LogP) is 2.16. The Morgan fingerprint density at radius 3 is 2.69 bits per heavy atom. The topological polar surface area (TPSA) is 30.2 Å². The van der Waals surface area contributed by atoms with Gasteiger partial charge in [-0.15, -0.1) is 10.2 Å².